The highest BCUT2D eigenvalue weighted by molar-refractivity contribution is 7.09. The number of aromatic nitrogens is 1. The number of amides is 1. The van der Waals surface area contributed by atoms with Crippen molar-refractivity contribution in [3.05, 3.63) is 79.7 Å². The summed E-state index contributed by atoms with van der Waals surface area (Å²) in [4.78, 5) is 31.3. The van der Waals surface area contributed by atoms with Crippen molar-refractivity contribution >= 4 is 46.4 Å². The highest BCUT2D eigenvalue weighted by atomic mass is 35.5. The quantitative estimate of drug-likeness (QED) is 0.480. The van der Waals surface area contributed by atoms with Gasteiger partial charge in [-0.25, -0.2) is 9.78 Å². The molecule has 1 aromatic heterocycles. The molecule has 3 aromatic rings. The van der Waals surface area contributed by atoms with Crippen LogP contribution in [-0.4, -0.2) is 46.6 Å². The smallest absolute Gasteiger partial charge is 0.341 e. The molecule has 2 aromatic carbocycles. The van der Waals surface area contributed by atoms with E-state index in [2.05, 4.69) is 4.98 Å². The molecule has 0 aliphatic carbocycles. The number of thiazole rings is 1. The van der Waals surface area contributed by atoms with Crippen LogP contribution in [0.1, 0.15) is 27.7 Å². The first kappa shape index (κ1) is 23.5. The Morgan fingerprint density at radius 1 is 1.18 bits per heavy atom. The van der Waals surface area contributed by atoms with E-state index in [1.807, 2.05) is 18.2 Å². The van der Waals surface area contributed by atoms with Gasteiger partial charge in [-0.15, -0.1) is 11.3 Å². The number of carbonyl (C=O) groups is 2. The third-order valence-electron chi connectivity index (χ3n) is 5.20. The SMILES string of the molecule is O=C(O)COc1ccc(Cl)cc1C1c2scnc2CCN1C(=O)COCc1ccccc1Cl. The van der Waals surface area contributed by atoms with Gasteiger partial charge in [-0.2, -0.15) is 0 Å². The second-order valence-corrected chi connectivity index (χ2v) is 9.08. The molecular weight excluding hydrogens is 487 g/mol. The number of halogens is 2. The Balaban J connectivity index is 1.59. The van der Waals surface area contributed by atoms with E-state index in [-0.39, 0.29) is 19.1 Å². The molecule has 2 heterocycles. The molecule has 1 unspecified atom stereocenters. The van der Waals surface area contributed by atoms with Gasteiger partial charge in [-0.1, -0.05) is 41.4 Å². The monoisotopic (exact) mass is 506 g/mol. The predicted octanol–water partition coefficient (Wildman–Crippen LogP) is 4.60. The number of rotatable bonds is 8. The van der Waals surface area contributed by atoms with E-state index in [1.54, 1.807) is 34.7 Å². The Morgan fingerprint density at radius 2 is 2.00 bits per heavy atom. The Hall–Kier alpha value is -2.65. The van der Waals surface area contributed by atoms with E-state index in [4.69, 9.17) is 37.8 Å². The summed E-state index contributed by atoms with van der Waals surface area (Å²) in [6.45, 7) is -0.00598. The Bertz CT molecular complexity index is 1170. The lowest BCUT2D eigenvalue weighted by Gasteiger charge is -2.36. The van der Waals surface area contributed by atoms with Crippen molar-refractivity contribution in [1.29, 1.82) is 0 Å². The lowest BCUT2D eigenvalue weighted by molar-refractivity contribution is -0.140. The number of benzene rings is 2. The van der Waals surface area contributed by atoms with Crippen LogP contribution in [0.3, 0.4) is 0 Å². The van der Waals surface area contributed by atoms with Gasteiger partial charge in [0.05, 0.1) is 28.7 Å². The van der Waals surface area contributed by atoms with E-state index >= 15 is 0 Å². The van der Waals surface area contributed by atoms with Crippen molar-refractivity contribution in [1.82, 2.24) is 9.88 Å². The molecule has 33 heavy (non-hydrogen) atoms. The van der Waals surface area contributed by atoms with Crippen LogP contribution in [0.2, 0.25) is 10.0 Å². The van der Waals surface area contributed by atoms with Crippen LogP contribution in [0.25, 0.3) is 0 Å². The summed E-state index contributed by atoms with van der Waals surface area (Å²) >= 11 is 13.9. The molecule has 0 saturated heterocycles. The summed E-state index contributed by atoms with van der Waals surface area (Å²) in [5, 5.41) is 10.1. The van der Waals surface area contributed by atoms with Gasteiger partial charge in [-0.05, 0) is 29.8 Å². The average molecular weight is 507 g/mol. The van der Waals surface area contributed by atoms with Crippen LogP contribution >= 0.6 is 34.5 Å². The number of carbonyl (C=O) groups excluding carboxylic acids is 1. The molecule has 0 radical (unpaired) electrons. The summed E-state index contributed by atoms with van der Waals surface area (Å²) in [6.07, 6.45) is 0.609. The lowest BCUT2D eigenvalue weighted by atomic mass is 9.96. The van der Waals surface area contributed by atoms with Gasteiger partial charge in [0, 0.05) is 28.6 Å². The summed E-state index contributed by atoms with van der Waals surface area (Å²) in [5.41, 5.74) is 4.04. The van der Waals surface area contributed by atoms with Crippen LogP contribution in [0.5, 0.6) is 5.75 Å². The highest BCUT2D eigenvalue weighted by Crippen LogP contribution is 2.42. The summed E-state index contributed by atoms with van der Waals surface area (Å²) < 4.78 is 11.2. The van der Waals surface area contributed by atoms with Crippen molar-refractivity contribution in [2.24, 2.45) is 0 Å². The minimum Gasteiger partial charge on any atom is -0.482 e. The zero-order chi connectivity index (χ0) is 23.4. The van der Waals surface area contributed by atoms with Gasteiger partial charge in [0.1, 0.15) is 12.4 Å². The molecule has 4 rings (SSSR count). The van der Waals surface area contributed by atoms with Gasteiger partial charge < -0.3 is 19.5 Å². The number of hydrogen-bond acceptors (Lipinski definition) is 6. The Labute approximate surface area is 204 Å². The Kier molecular flexibility index (Phi) is 7.49. The second-order valence-electron chi connectivity index (χ2n) is 7.35. The van der Waals surface area contributed by atoms with Gasteiger partial charge >= 0.3 is 5.97 Å². The van der Waals surface area contributed by atoms with Gasteiger partial charge in [0.25, 0.3) is 0 Å². The predicted molar refractivity (Wildman–Crippen MR) is 125 cm³/mol. The van der Waals surface area contributed by atoms with Crippen molar-refractivity contribution in [2.75, 3.05) is 19.8 Å². The molecule has 10 heteroatoms. The zero-order valence-electron chi connectivity index (χ0n) is 17.4. The van der Waals surface area contributed by atoms with Crippen molar-refractivity contribution in [3.63, 3.8) is 0 Å². The van der Waals surface area contributed by atoms with Crippen molar-refractivity contribution in [3.8, 4) is 5.75 Å². The van der Waals surface area contributed by atoms with Crippen LogP contribution in [0, 0.1) is 0 Å². The number of carboxylic acid groups (broad SMARTS) is 1. The number of ether oxygens (including phenoxy) is 2. The third-order valence-corrected chi connectivity index (χ3v) is 6.73. The minimum atomic E-state index is -1.10. The van der Waals surface area contributed by atoms with E-state index in [9.17, 15) is 9.59 Å². The van der Waals surface area contributed by atoms with Crippen LogP contribution in [0.4, 0.5) is 0 Å². The molecule has 0 fully saturated rings. The molecule has 1 N–H and O–H groups in total. The first-order valence-corrected chi connectivity index (χ1v) is 11.7. The fourth-order valence-corrected chi connectivity index (χ4v) is 5.05. The number of carboxylic acids is 1. The fourth-order valence-electron chi connectivity index (χ4n) is 3.71. The van der Waals surface area contributed by atoms with Crippen LogP contribution in [0.15, 0.2) is 48.0 Å². The van der Waals surface area contributed by atoms with E-state index in [0.29, 0.717) is 34.3 Å². The van der Waals surface area contributed by atoms with Gasteiger partial charge in [0.15, 0.2) is 6.61 Å². The molecule has 1 aliphatic rings. The largest absolute Gasteiger partial charge is 0.482 e. The number of aliphatic carboxylic acids is 1. The normalized spacial score (nSPS) is 15.2. The Morgan fingerprint density at radius 3 is 2.79 bits per heavy atom. The van der Waals surface area contributed by atoms with Crippen molar-refractivity contribution in [2.45, 2.75) is 19.1 Å². The topological polar surface area (TPSA) is 89.0 Å². The maximum absolute atomic E-state index is 13.2. The van der Waals surface area contributed by atoms with Gasteiger partial charge in [0.2, 0.25) is 5.91 Å². The zero-order valence-corrected chi connectivity index (χ0v) is 19.7. The first-order valence-electron chi connectivity index (χ1n) is 10.1. The highest BCUT2D eigenvalue weighted by Gasteiger charge is 2.36. The van der Waals surface area contributed by atoms with Crippen LogP contribution < -0.4 is 4.74 Å². The summed E-state index contributed by atoms with van der Waals surface area (Å²) in [7, 11) is 0. The molecule has 172 valence electrons. The molecule has 0 bridgehead atoms. The molecule has 0 saturated carbocycles. The molecule has 1 atom stereocenters. The van der Waals surface area contributed by atoms with E-state index < -0.39 is 18.6 Å². The van der Waals surface area contributed by atoms with Gasteiger partial charge in [-0.3, -0.25) is 4.79 Å². The third kappa shape index (κ3) is 5.47. The average Bonchev–Trinajstić information content (AvgIpc) is 3.27. The number of fused-ring (bicyclic) bond motifs is 1. The molecule has 0 spiro atoms. The standard InChI is InChI=1S/C23H20Cl2N2O5S/c24-15-5-6-19(32-12-21(29)30)16(9-15)22-23-18(26-13-33-23)7-8-27(22)20(28)11-31-10-14-3-1-2-4-17(14)25/h1-6,9,13,22H,7-8,10-12H2,(H,29,30). The molecular formula is C23H20Cl2N2O5S. The summed E-state index contributed by atoms with van der Waals surface area (Å²) in [6, 6.07) is 11.7. The fraction of sp³-hybridized carbons (Fsp3) is 0.261. The minimum absolute atomic E-state index is 0.137. The molecule has 1 aliphatic heterocycles. The number of hydrogen-bond donors (Lipinski definition) is 1. The maximum Gasteiger partial charge on any atom is 0.341 e. The number of nitrogens with zero attached hydrogens (tertiary/aromatic N) is 2. The maximum atomic E-state index is 13.2. The van der Waals surface area contributed by atoms with E-state index in [0.717, 1.165) is 16.1 Å². The molecule has 7 nitrogen and oxygen atoms in total. The second kappa shape index (κ2) is 10.5. The summed E-state index contributed by atoms with van der Waals surface area (Å²) in [5.74, 6) is -0.961. The van der Waals surface area contributed by atoms with E-state index in [1.165, 1.54) is 11.3 Å². The lowest BCUT2D eigenvalue weighted by Crippen LogP contribution is -2.42. The van der Waals surface area contributed by atoms with Crippen LogP contribution in [-0.2, 0) is 27.4 Å². The van der Waals surface area contributed by atoms with Crippen molar-refractivity contribution < 1.29 is 24.2 Å². The first-order chi connectivity index (χ1) is 15.9. The molecule has 1 amide bonds.